The molecule has 2 nitrogen and oxygen atoms in total. The normalized spacial score (nSPS) is 9.21. The maximum atomic E-state index is 12.2. The summed E-state index contributed by atoms with van der Waals surface area (Å²) in [6, 6.07) is 20.5. The molecule has 4 aromatic rings. The Morgan fingerprint density at radius 3 is 1.09 bits per heavy atom. The molecule has 0 unspecified atom stereocenters. The van der Waals surface area contributed by atoms with E-state index in [1.807, 2.05) is 0 Å². The van der Waals surface area contributed by atoms with Gasteiger partial charge in [0.05, 0.1) is 0 Å². The van der Waals surface area contributed by atoms with Crippen LogP contribution in [0.5, 0.6) is 11.5 Å². The third kappa shape index (κ3) is 12.9. The Morgan fingerprint density at radius 1 is 0.606 bits per heavy atom. The molecule has 0 aliphatic carbocycles. The number of rotatable bonds is 0. The van der Waals surface area contributed by atoms with Crippen LogP contribution >= 0.6 is 0 Å². The number of phenolic OH excluding ortho intramolecular Hbond substituents is 2. The van der Waals surface area contributed by atoms with Crippen molar-refractivity contribution >= 4 is 0 Å². The van der Waals surface area contributed by atoms with Gasteiger partial charge in [-0.25, -0.2) is 32.0 Å². The molecule has 0 radical (unpaired) electrons. The van der Waals surface area contributed by atoms with Crippen LogP contribution in [0.25, 0.3) is 0 Å². The summed E-state index contributed by atoms with van der Waals surface area (Å²) in [7, 11) is 0. The maximum absolute atomic E-state index is 12.2. The molecule has 5 heteroatoms. The number of benzene rings is 2. The Morgan fingerprint density at radius 2 is 0.939 bits per heavy atom. The molecule has 0 saturated heterocycles. The number of halogens is 2. The first kappa shape index (κ1) is 30.5. The van der Waals surface area contributed by atoms with Gasteiger partial charge in [0.1, 0.15) is 23.1 Å². The van der Waals surface area contributed by atoms with E-state index in [0.717, 1.165) is 0 Å². The Bertz CT molecular complexity index is 976. The first-order chi connectivity index (χ1) is 15.0. The average molecular weight is 530 g/mol. The predicted molar refractivity (Wildman–Crippen MR) is 129 cm³/mol. The number of aromatic hydroxyl groups is 2. The van der Waals surface area contributed by atoms with Gasteiger partial charge in [0.2, 0.25) is 0 Å². The van der Waals surface area contributed by atoms with E-state index in [0.29, 0.717) is 11.1 Å². The molecule has 174 valence electrons. The van der Waals surface area contributed by atoms with Crippen molar-refractivity contribution in [1.82, 2.24) is 0 Å². The van der Waals surface area contributed by atoms with Gasteiger partial charge in [-0.1, -0.05) is 27.7 Å². The Labute approximate surface area is 215 Å². The van der Waals surface area contributed by atoms with Crippen LogP contribution in [0.2, 0.25) is 0 Å². The summed E-state index contributed by atoms with van der Waals surface area (Å²) in [6.07, 6.45) is 0. The number of phenols is 2. The second-order valence-electron chi connectivity index (χ2n) is 7.79. The summed E-state index contributed by atoms with van der Waals surface area (Å²) in [5.74, 6) is -0.358. The van der Waals surface area contributed by atoms with Crippen molar-refractivity contribution < 1.29 is 45.2 Å². The quantitative estimate of drug-likeness (QED) is 0.229. The van der Waals surface area contributed by atoms with Crippen LogP contribution in [0, 0.1) is 53.2 Å². The molecule has 0 bridgehead atoms. The molecular weight excluding hydrogens is 498 g/mol. The van der Waals surface area contributed by atoms with Crippen LogP contribution in [0.15, 0.2) is 72.8 Å². The van der Waals surface area contributed by atoms with E-state index in [2.05, 4.69) is 64.1 Å². The minimum absolute atomic E-state index is 0. The third-order valence-corrected chi connectivity index (χ3v) is 4.45. The van der Waals surface area contributed by atoms with Gasteiger partial charge in [0, 0.05) is 0 Å². The molecule has 0 aromatic heterocycles. The third-order valence-electron chi connectivity index (χ3n) is 4.45. The molecule has 0 spiro atoms. The SMILES string of the molecule is Cc1cc(F)ccc1O.Cc1cc(F)ccc1O.Cc1cc[c-](C)c1.Cc1cc[c-](C)c1.[Zr+2]. The monoisotopic (exact) mass is 528 g/mol. The summed E-state index contributed by atoms with van der Waals surface area (Å²) < 4.78 is 24.5. The second-order valence-corrected chi connectivity index (χ2v) is 7.79. The van der Waals surface area contributed by atoms with Crippen LogP contribution in [0.1, 0.15) is 33.4 Å². The molecule has 0 saturated carbocycles. The van der Waals surface area contributed by atoms with Crippen molar-refractivity contribution in [2.45, 2.75) is 41.5 Å². The summed E-state index contributed by atoms with van der Waals surface area (Å²) in [5, 5.41) is 17.8. The minimum atomic E-state index is -0.315. The molecule has 0 aliphatic rings. The van der Waals surface area contributed by atoms with Gasteiger partial charge in [0.15, 0.2) is 0 Å². The fourth-order valence-corrected chi connectivity index (χ4v) is 2.67. The zero-order valence-corrected chi connectivity index (χ0v) is 22.5. The number of hydrogen-bond donors (Lipinski definition) is 2. The topological polar surface area (TPSA) is 40.5 Å². The molecule has 0 heterocycles. The zero-order valence-electron chi connectivity index (χ0n) is 20.1. The summed E-state index contributed by atoms with van der Waals surface area (Å²) in [4.78, 5) is 0. The van der Waals surface area contributed by atoms with E-state index >= 15 is 0 Å². The average Bonchev–Trinajstić information content (AvgIpc) is 3.29. The summed E-state index contributed by atoms with van der Waals surface area (Å²) in [6.45, 7) is 11.7. The van der Waals surface area contributed by atoms with Gasteiger partial charge in [0.25, 0.3) is 0 Å². The van der Waals surface area contributed by atoms with E-state index in [1.165, 1.54) is 58.7 Å². The molecule has 0 amide bonds. The van der Waals surface area contributed by atoms with Crippen molar-refractivity contribution in [3.63, 3.8) is 0 Å². The van der Waals surface area contributed by atoms with E-state index in [1.54, 1.807) is 13.8 Å². The summed E-state index contributed by atoms with van der Waals surface area (Å²) >= 11 is 0. The van der Waals surface area contributed by atoms with Gasteiger partial charge in [-0.05, 0) is 61.4 Å². The van der Waals surface area contributed by atoms with Gasteiger partial charge in [-0.2, -0.15) is 35.4 Å². The van der Waals surface area contributed by atoms with Crippen LogP contribution in [0.3, 0.4) is 0 Å². The van der Waals surface area contributed by atoms with Crippen molar-refractivity contribution in [2.24, 2.45) is 0 Å². The number of aryl methyl sites for hydroxylation is 6. The van der Waals surface area contributed by atoms with Crippen LogP contribution < -0.4 is 0 Å². The molecule has 0 fully saturated rings. The van der Waals surface area contributed by atoms with Crippen LogP contribution in [-0.4, -0.2) is 10.2 Å². The van der Waals surface area contributed by atoms with Gasteiger partial charge < -0.3 is 10.2 Å². The largest absolute Gasteiger partial charge is 2.00 e. The number of hydrogen-bond acceptors (Lipinski definition) is 2. The van der Waals surface area contributed by atoms with E-state index in [-0.39, 0.29) is 49.3 Å². The Hall–Kier alpha value is -2.52. The second kappa shape index (κ2) is 15.3. The molecule has 4 rings (SSSR count). The van der Waals surface area contributed by atoms with Crippen LogP contribution in [-0.2, 0) is 26.2 Å². The zero-order chi connectivity index (χ0) is 24.3. The molecule has 0 aliphatic heterocycles. The van der Waals surface area contributed by atoms with Gasteiger partial charge in [-0.15, -0.1) is 0 Å². The first-order valence-corrected chi connectivity index (χ1v) is 10.3. The summed E-state index contributed by atoms with van der Waals surface area (Å²) in [5.41, 5.74) is 6.56. The van der Waals surface area contributed by atoms with E-state index < -0.39 is 0 Å². The smallest absolute Gasteiger partial charge is 0.508 e. The fraction of sp³-hybridized carbons (Fsp3) is 0.214. The standard InChI is InChI=1S/2C7H7FO.2C7H9.Zr/c2*1-5-4-6(8)2-3-7(5)9;2*1-6-3-4-7(2)5-6;/h2*2-4,9H,1H3;2*3-5H,1-2H3;/q;;2*-1;+2. The van der Waals surface area contributed by atoms with Crippen molar-refractivity contribution in [1.29, 1.82) is 0 Å². The van der Waals surface area contributed by atoms with Crippen LogP contribution in [0.4, 0.5) is 8.78 Å². The first-order valence-electron chi connectivity index (χ1n) is 10.3. The maximum Gasteiger partial charge on any atom is 2.00 e. The Kier molecular flexibility index (Phi) is 14.2. The molecular formula is C28H32F2O2Zr. The van der Waals surface area contributed by atoms with E-state index in [9.17, 15) is 8.78 Å². The molecule has 4 aromatic carbocycles. The van der Waals surface area contributed by atoms with Crippen molar-refractivity contribution in [3.05, 3.63) is 118 Å². The van der Waals surface area contributed by atoms with Gasteiger partial charge in [-0.3, -0.25) is 0 Å². The molecule has 0 atom stereocenters. The minimum Gasteiger partial charge on any atom is -0.508 e. The predicted octanol–water partition coefficient (Wildman–Crippen LogP) is 7.72. The Balaban J connectivity index is 0.000000412. The molecule has 33 heavy (non-hydrogen) atoms. The molecule has 2 N–H and O–H groups in total. The van der Waals surface area contributed by atoms with Gasteiger partial charge >= 0.3 is 26.2 Å². The van der Waals surface area contributed by atoms with Crippen molar-refractivity contribution in [3.8, 4) is 11.5 Å². The fourth-order valence-electron chi connectivity index (χ4n) is 2.67. The van der Waals surface area contributed by atoms with Crippen molar-refractivity contribution in [2.75, 3.05) is 0 Å². The van der Waals surface area contributed by atoms with E-state index in [4.69, 9.17) is 10.2 Å².